The third-order valence-electron chi connectivity index (χ3n) is 1.85. The molecular formula is C9H7F3O3S. The Morgan fingerprint density at radius 3 is 2.31 bits per heavy atom. The fourth-order valence-electron chi connectivity index (χ4n) is 1.07. The van der Waals surface area contributed by atoms with Gasteiger partial charge in [-0.15, -0.1) is 0 Å². The van der Waals surface area contributed by atoms with Crippen LogP contribution in [0.5, 0.6) is 0 Å². The average molecular weight is 252 g/mol. The summed E-state index contributed by atoms with van der Waals surface area (Å²) in [6, 6.07) is 4.87. The maximum absolute atomic E-state index is 12.8. The van der Waals surface area contributed by atoms with Crippen molar-refractivity contribution in [1.82, 2.24) is 0 Å². The molecule has 0 aliphatic heterocycles. The van der Waals surface area contributed by atoms with Crippen LogP contribution < -0.4 is 0 Å². The second kappa shape index (κ2) is 3.89. The normalized spacial score (nSPS) is 12.5. The van der Waals surface area contributed by atoms with Gasteiger partial charge in [0.25, 0.3) is 5.78 Å². The van der Waals surface area contributed by atoms with Gasteiger partial charge in [-0.1, -0.05) is 27.6 Å². The van der Waals surface area contributed by atoms with E-state index in [1.807, 2.05) is 0 Å². The van der Waals surface area contributed by atoms with Gasteiger partial charge in [0.05, 0.1) is 0 Å². The van der Waals surface area contributed by atoms with E-state index in [9.17, 15) is 25.9 Å². The van der Waals surface area contributed by atoms with E-state index in [0.717, 1.165) is 12.1 Å². The lowest BCUT2D eigenvalue weighted by Crippen LogP contribution is -2.35. The predicted octanol–water partition coefficient (Wildman–Crippen LogP) is 2.07. The van der Waals surface area contributed by atoms with E-state index in [1.54, 1.807) is 0 Å². The molecule has 0 radical (unpaired) electrons. The highest BCUT2D eigenvalue weighted by Crippen LogP contribution is 2.28. The summed E-state index contributed by atoms with van der Waals surface area (Å²) >= 11 is 0. The zero-order chi connectivity index (χ0) is 12.6. The van der Waals surface area contributed by atoms with Gasteiger partial charge in [-0.2, -0.15) is 17.2 Å². The summed E-state index contributed by atoms with van der Waals surface area (Å²) in [5, 5.41) is -5.04. The lowest BCUT2D eigenvalue weighted by Gasteiger charge is -2.10. The zero-order valence-corrected chi connectivity index (χ0v) is 8.89. The summed E-state index contributed by atoms with van der Waals surface area (Å²) in [6.45, 7) is 1.53. The highest BCUT2D eigenvalue weighted by Gasteiger charge is 2.53. The molecular weight excluding hydrogens is 245 g/mol. The molecule has 0 heterocycles. The van der Waals surface area contributed by atoms with Crippen LogP contribution >= 0.6 is 0 Å². The molecule has 0 spiro atoms. The van der Waals surface area contributed by atoms with Crippen molar-refractivity contribution >= 4 is 16.0 Å². The second-order valence-electron chi connectivity index (χ2n) is 3.15. The first-order valence-electron chi connectivity index (χ1n) is 4.10. The molecule has 1 rings (SSSR count). The van der Waals surface area contributed by atoms with Crippen LogP contribution in [0.15, 0.2) is 24.3 Å². The summed E-state index contributed by atoms with van der Waals surface area (Å²) in [5.41, 5.74) is -0.0656. The fourth-order valence-corrected chi connectivity index (χ4v) is 1.40. The van der Waals surface area contributed by atoms with Gasteiger partial charge in [-0.3, -0.25) is 4.79 Å². The van der Waals surface area contributed by atoms with Crippen molar-refractivity contribution in [2.24, 2.45) is 0 Å². The summed E-state index contributed by atoms with van der Waals surface area (Å²) in [4.78, 5) is 11.1. The van der Waals surface area contributed by atoms with Crippen molar-refractivity contribution in [1.29, 1.82) is 0 Å². The van der Waals surface area contributed by atoms with Crippen molar-refractivity contribution in [2.75, 3.05) is 0 Å². The molecule has 0 fully saturated rings. The van der Waals surface area contributed by atoms with Crippen molar-refractivity contribution in [3.8, 4) is 0 Å². The minimum Gasteiger partial charge on any atom is -0.286 e. The first-order chi connectivity index (χ1) is 7.16. The smallest absolute Gasteiger partial charge is 0.286 e. The number of carbonyl (C=O) groups is 1. The Balaban J connectivity index is 3.23. The van der Waals surface area contributed by atoms with E-state index in [2.05, 4.69) is 0 Å². The van der Waals surface area contributed by atoms with Crippen LogP contribution in [0.4, 0.5) is 12.7 Å². The minimum absolute atomic E-state index is 0.484. The van der Waals surface area contributed by atoms with Crippen molar-refractivity contribution in [3.05, 3.63) is 35.4 Å². The van der Waals surface area contributed by atoms with Crippen molar-refractivity contribution in [3.63, 3.8) is 0 Å². The Hall–Kier alpha value is -1.37. The standard InChI is InChI=1S/C9H7F3O3S/c1-6-3-2-4-7(5-6)8(13)9(10,11)16(12,14)15/h2-5H,1H3. The number of rotatable bonds is 3. The van der Waals surface area contributed by atoms with Crippen LogP contribution in [0.25, 0.3) is 0 Å². The Morgan fingerprint density at radius 1 is 1.31 bits per heavy atom. The number of hydrogen-bond acceptors (Lipinski definition) is 3. The molecule has 0 saturated heterocycles. The quantitative estimate of drug-likeness (QED) is 0.611. The third-order valence-corrected chi connectivity index (χ3v) is 2.65. The van der Waals surface area contributed by atoms with Crippen molar-refractivity contribution < 1.29 is 25.9 Å². The highest BCUT2D eigenvalue weighted by atomic mass is 32.3. The Morgan fingerprint density at radius 2 is 1.88 bits per heavy atom. The largest absolute Gasteiger partial charge is 0.435 e. The maximum Gasteiger partial charge on any atom is 0.435 e. The van der Waals surface area contributed by atoms with Crippen molar-refractivity contribution in [2.45, 2.75) is 12.2 Å². The summed E-state index contributed by atoms with van der Waals surface area (Å²) < 4.78 is 58.1. The first kappa shape index (κ1) is 12.7. The number of benzene rings is 1. The van der Waals surface area contributed by atoms with E-state index in [-0.39, 0.29) is 0 Å². The monoisotopic (exact) mass is 252 g/mol. The van der Waals surface area contributed by atoms with Gasteiger partial charge in [0, 0.05) is 5.56 Å². The summed E-state index contributed by atoms with van der Waals surface area (Å²) in [5.74, 6) is -2.07. The molecule has 1 aromatic carbocycles. The van der Waals surface area contributed by atoms with Gasteiger partial charge >= 0.3 is 15.5 Å². The minimum atomic E-state index is -6.25. The number of carbonyl (C=O) groups excluding carboxylic acids is 1. The molecule has 1 aromatic rings. The molecule has 0 aromatic heterocycles. The lowest BCUT2D eigenvalue weighted by molar-refractivity contribution is 0.0508. The number of aryl methyl sites for hydroxylation is 1. The molecule has 0 saturated carbocycles. The molecule has 16 heavy (non-hydrogen) atoms. The summed E-state index contributed by atoms with van der Waals surface area (Å²) in [6.07, 6.45) is 0. The van der Waals surface area contributed by atoms with Gasteiger partial charge in [0.2, 0.25) is 0 Å². The van der Waals surface area contributed by atoms with E-state index in [4.69, 9.17) is 0 Å². The Kier molecular flexibility index (Phi) is 3.09. The molecule has 7 heteroatoms. The molecule has 0 aliphatic carbocycles. The van der Waals surface area contributed by atoms with Gasteiger partial charge in [-0.25, -0.2) is 0 Å². The molecule has 0 aliphatic rings. The Bertz CT molecular complexity index is 523. The molecule has 88 valence electrons. The van der Waals surface area contributed by atoms with Crippen LogP contribution in [0, 0.1) is 6.92 Å². The molecule has 0 amide bonds. The van der Waals surface area contributed by atoms with Gasteiger partial charge < -0.3 is 0 Å². The molecule has 3 nitrogen and oxygen atoms in total. The number of ketones is 1. The molecule has 0 atom stereocenters. The van der Waals surface area contributed by atoms with Crippen LogP contribution in [0.1, 0.15) is 15.9 Å². The van der Waals surface area contributed by atoms with Gasteiger partial charge in [0.15, 0.2) is 0 Å². The number of Topliss-reactive ketones (excluding diaryl/α,β-unsaturated/α-hetero) is 1. The average Bonchev–Trinajstić information content (AvgIpc) is 2.14. The lowest BCUT2D eigenvalue weighted by atomic mass is 10.1. The molecule has 0 bridgehead atoms. The van der Waals surface area contributed by atoms with E-state index in [0.29, 0.717) is 5.56 Å². The maximum atomic E-state index is 12.8. The molecule has 0 N–H and O–H groups in total. The van der Waals surface area contributed by atoms with Crippen LogP contribution in [0.3, 0.4) is 0 Å². The second-order valence-corrected chi connectivity index (χ2v) is 4.54. The van der Waals surface area contributed by atoms with E-state index >= 15 is 0 Å². The first-order valence-corrected chi connectivity index (χ1v) is 5.48. The Labute approximate surface area is 90.1 Å². The fraction of sp³-hybridized carbons (Fsp3) is 0.222. The van der Waals surface area contributed by atoms with E-state index in [1.165, 1.54) is 19.1 Å². The van der Waals surface area contributed by atoms with Crippen LogP contribution in [-0.4, -0.2) is 19.5 Å². The third kappa shape index (κ3) is 2.24. The zero-order valence-electron chi connectivity index (χ0n) is 8.08. The number of halogens is 3. The van der Waals surface area contributed by atoms with Crippen LogP contribution in [0.2, 0.25) is 0 Å². The highest BCUT2D eigenvalue weighted by molar-refractivity contribution is 7.88. The van der Waals surface area contributed by atoms with Gasteiger partial charge in [0.1, 0.15) is 0 Å². The van der Waals surface area contributed by atoms with Gasteiger partial charge in [-0.05, 0) is 13.0 Å². The van der Waals surface area contributed by atoms with Crippen LogP contribution in [-0.2, 0) is 10.2 Å². The summed E-state index contributed by atoms with van der Waals surface area (Å²) in [7, 11) is -6.25. The number of alkyl halides is 2. The van der Waals surface area contributed by atoms with E-state index < -0.39 is 26.8 Å². The predicted molar refractivity (Wildman–Crippen MR) is 50.5 cm³/mol. The molecule has 0 unspecified atom stereocenters. The topological polar surface area (TPSA) is 51.2 Å². The SMILES string of the molecule is Cc1cccc(C(=O)C(F)(F)S(=O)(=O)F)c1. The number of hydrogen-bond donors (Lipinski definition) is 0.